The molecule has 0 saturated heterocycles. The molecule has 0 aliphatic rings. The molecule has 0 radical (unpaired) electrons. The van der Waals surface area contributed by atoms with Crippen LogP contribution in [0.25, 0.3) is 0 Å². The van der Waals surface area contributed by atoms with E-state index in [0.717, 1.165) is 0 Å². The van der Waals surface area contributed by atoms with Gasteiger partial charge in [0.2, 0.25) is 0 Å². The van der Waals surface area contributed by atoms with Gasteiger partial charge in [0.1, 0.15) is 0 Å². The molecule has 0 aromatic carbocycles. The summed E-state index contributed by atoms with van der Waals surface area (Å²) in [5.41, 5.74) is 0. The van der Waals surface area contributed by atoms with Crippen molar-refractivity contribution in [2.75, 3.05) is 0 Å². The number of hydrogen-bond acceptors (Lipinski definition) is 4. The maximum absolute atomic E-state index is 8.77. The molecular formula is H8NiO10P2. The summed E-state index contributed by atoms with van der Waals surface area (Å²) in [7, 11) is -9.78. The van der Waals surface area contributed by atoms with Crippen LogP contribution >= 0.6 is 15.6 Å². The second kappa shape index (κ2) is 10.7. The largest absolute Gasteiger partial charge is 2.00 e. The first kappa shape index (κ1) is 29.2. The van der Waals surface area contributed by atoms with E-state index in [9.17, 15) is 0 Å². The van der Waals surface area contributed by atoms with Gasteiger partial charge >= 0.3 is 16.5 Å². The normalized spacial score (nSPS) is 9.08. The molecule has 0 aliphatic carbocycles. The van der Waals surface area contributed by atoms with E-state index in [1.165, 1.54) is 0 Å². The monoisotopic (exact) mass is 288 g/mol. The Hall–Kier alpha value is 0.634. The Morgan fingerprint density at radius 1 is 0.769 bits per heavy atom. The quantitative estimate of drug-likeness (QED) is 0.249. The summed E-state index contributed by atoms with van der Waals surface area (Å²) in [5, 5.41) is 0. The van der Waals surface area contributed by atoms with Crippen molar-refractivity contribution in [1.29, 1.82) is 0 Å². The van der Waals surface area contributed by atoms with Crippen molar-refractivity contribution >= 4 is 15.6 Å². The summed E-state index contributed by atoms with van der Waals surface area (Å²) in [4.78, 5) is 45.8. The Morgan fingerprint density at radius 3 is 0.769 bits per heavy atom. The first-order valence-electron chi connectivity index (χ1n) is 1.53. The number of phosphoric acid groups is 2. The van der Waals surface area contributed by atoms with Crippen LogP contribution in [0.4, 0.5) is 0 Å². The minimum absolute atomic E-state index is 0. The van der Waals surface area contributed by atoms with Gasteiger partial charge in [-0.3, -0.25) is 9.13 Å². The van der Waals surface area contributed by atoms with Gasteiger partial charge in [0, 0.05) is 0 Å². The van der Waals surface area contributed by atoms with Gasteiger partial charge in [0.15, 0.2) is 0 Å². The van der Waals surface area contributed by atoms with E-state index in [0.29, 0.717) is 0 Å². The van der Waals surface area contributed by atoms with Crippen molar-refractivity contribution in [3.63, 3.8) is 0 Å². The fourth-order valence-electron chi connectivity index (χ4n) is 0. The number of rotatable bonds is 0. The first-order chi connectivity index (χ1) is 4.00. The minimum atomic E-state index is -4.89. The SMILES string of the molecule is O.O.O=P([O-])(O)O.O=P([O-])(O)O.[Ni+2]. The molecular weight excluding hydrogens is 281 g/mol. The molecule has 0 spiro atoms. The first-order valence-corrected chi connectivity index (χ1v) is 4.59. The van der Waals surface area contributed by atoms with Gasteiger partial charge in [0.25, 0.3) is 15.6 Å². The van der Waals surface area contributed by atoms with Gasteiger partial charge in [-0.15, -0.1) is 0 Å². The molecule has 13 heteroatoms. The van der Waals surface area contributed by atoms with Crippen molar-refractivity contribution in [3.8, 4) is 0 Å². The van der Waals surface area contributed by atoms with Crippen molar-refractivity contribution in [1.82, 2.24) is 0 Å². The van der Waals surface area contributed by atoms with Crippen LogP contribution in [0.1, 0.15) is 0 Å². The summed E-state index contributed by atoms with van der Waals surface area (Å²) >= 11 is 0. The molecule has 0 fully saturated rings. The van der Waals surface area contributed by atoms with Crippen LogP contribution < -0.4 is 9.79 Å². The average Bonchev–Trinajstić information content (AvgIpc) is 1.12. The van der Waals surface area contributed by atoms with Gasteiger partial charge in [-0.1, -0.05) is 0 Å². The van der Waals surface area contributed by atoms with Crippen LogP contribution in [0.15, 0.2) is 0 Å². The second-order valence-corrected chi connectivity index (χ2v) is 2.94. The zero-order chi connectivity index (χ0) is 9.00. The van der Waals surface area contributed by atoms with E-state index < -0.39 is 15.6 Å². The van der Waals surface area contributed by atoms with Gasteiger partial charge in [0.05, 0.1) is 0 Å². The number of hydrogen-bond donors (Lipinski definition) is 4. The van der Waals surface area contributed by atoms with Crippen LogP contribution in [0.3, 0.4) is 0 Å². The summed E-state index contributed by atoms with van der Waals surface area (Å²) < 4.78 is 17.5. The third-order valence-electron chi connectivity index (χ3n) is 0. The van der Waals surface area contributed by atoms with Crippen LogP contribution in [0, 0.1) is 0 Å². The van der Waals surface area contributed by atoms with Crippen LogP contribution in [0.2, 0.25) is 0 Å². The molecule has 88 valence electrons. The van der Waals surface area contributed by atoms with Gasteiger partial charge in [-0.05, 0) is 0 Å². The van der Waals surface area contributed by atoms with E-state index in [4.69, 9.17) is 38.5 Å². The summed E-state index contributed by atoms with van der Waals surface area (Å²) in [6.45, 7) is 0. The second-order valence-electron chi connectivity index (χ2n) is 0.981. The summed E-state index contributed by atoms with van der Waals surface area (Å²) in [6, 6.07) is 0. The zero-order valence-corrected chi connectivity index (χ0v) is 8.41. The molecule has 0 aromatic heterocycles. The molecule has 0 heterocycles. The predicted molar refractivity (Wildman–Crippen MR) is 31.3 cm³/mol. The summed E-state index contributed by atoms with van der Waals surface area (Å²) in [5.74, 6) is 0. The maximum Gasteiger partial charge on any atom is 2.00 e. The fourth-order valence-corrected chi connectivity index (χ4v) is 0. The Labute approximate surface area is 82.3 Å². The van der Waals surface area contributed by atoms with Crippen molar-refractivity contribution in [2.45, 2.75) is 0 Å². The van der Waals surface area contributed by atoms with E-state index in [1.807, 2.05) is 0 Å². The predicted octanol–water partition coefficient (Wildman–Crippen LogP) is -4.77. The standard InChI is InChI=1S/Ni.2H3O4P.2H2O/c;2*1-5(2,3)4;;/h;2*(H3,1,2,3,4);2*1H2/q+2;;;;/p-2. The van der Waals surface area contributed by atoms with Crippen molar-refractivity contribution in [3.05, 3.63) is 0 Å². The third kappa shape index (κ3) is 3560. The molecule has 0 saturated carbocycles. The Balaban J connectivity index is -0.0000000267. The van der Waals surface area contributed by atoms with Gasteiger partial charge < -0.3 is 40.3 Å². The van der Waals surface area contributed by atoms with Gasteiger partial charge in [-0.25, -0.2) is 0 Å². The van der Waals surface area contributed by atoms with Crippen LogP contribution in [-0.4, -0.2) is 30.5 Å². The maximum atomic E-state index is 8.77. The van der Waals surface area contributed by atoms with Gasteiger partial charge in [-0.2, -0.15) is 0 Å². The molecule has 8 N–H and O–H groups in total. The fraction of sp³-hybridized carbons (Fsp3) is 0. The Morgan fingerprint density at radius 2 is 0.769 bits per heavy atom. The Bertz CT molecular complexity index is 125. The average molecular weight is 289 g/mol. The molecule has 0 aliphatic heterocycles. The molecule has 10 nitrogen and oxygen atoms in total. The minimum Gasteiger partial charge on any atom is -0.756 e. The topological polar surface area (TPSA) is 224 Å². The van der Waals surface area contributed by atoms with Crippen molar-refractivity contribution < 1.29 is 65.9 Å². The summed E-state index contributed by atoms with van der Waals surface area (Å²) in [6.07, 6.45) is 0. The molecule has 0 bridgehead atoms. The smallest absolute Gasteiger partial charge is 0.756 e. The van der Waals surface area contributed by atoms with E-state index in [1.54, 1.807) is 0 Å². The third-order valence-corrected chi connectivity index (χ3v) is 0. The molecule has 0 rings (SSSR count). The molecule has 13 heavy (non-hydrogen) atoms. The van der Waals surface area contributed by atoms with Crippen LogP contribution in [-0.2, 0) is 25.6 Å². The zero-order valence-electron chi connectivity index (χ0n) is 5.63. The molecule has 0 amide bonds. The molecule has 0 unspecified atom stereocenters. The van der Waals surface area contributed by atoms with Crippen LogP contribution in [0.5, 0.6) is 0 Å². The van der Waals surface area contributed by atoms with E-state index in [-0.39, 0.29) is 27.4 Å². The van der Waals surface area contributed by atoms with E-state index >= 15 is 0 Å². The van der Waals surface area contributed by atoms with Crippen molar-refractivity contribution in [2.24, 2.45) is 0 Å². The molecule has 0 aromatic rings. The molecule has 0 atom stereocenters. The van der Waals surface area contributed by atoms with E-state index in [2.05, 4.69) is 0 Å². The Kier molecular flexibility index (Phi) is 24.1.